The van der Waals surface area contributed by atoms with Gasteiger partial charge >= 0.3 is 0 Å². The summed E-state index contributed by atoms with van der Waals surface area (Å²) >= 11 is 0. The summed E-state index contributed by atoms with van der Waals surface area (Å²) in [5, 5.41) is 0. The molecule has 1 aromatic heterocycles. The molecule has 0 amide bonds. The molecule has 1 aliphatic rings. The van der Waals surface area contributed by atoms with Gasteiger partial charge in [0.25, 0.3) is 5.56 Å². The predicted octanol–water partition coefficient (Wildman–Crippen LogP) is 2.77. The molecule has 5 heteroatoms. The summed E-state index contributed by atoms with van der Waals surface area (Å²) < 4.78 is 1.70. The summed E-state index contributed by atoms with van der Waals surface area (Å²) in [6.07, 6.45) is 2.47. The highest BCUT2D eigenvalue weighted by atomic mass is 16.1. The maximum atomic E-state index is 13.0. The van der Waals surface area contributed by atoms with Crippen LogP contribution >= 0.6 is 0 Å². The van der Waals surface area contributed by atoms with Crippen molar-refractivity contribution in [3.63, 3.8) is 0 Å². The second-order valence-corrected chi connectivity index (χ2v) is 7.79. The maximum absolute atomic E-state index is 13.0. The van der Waals surface area contributed by atoms with Crippen molar-refractivity contribution in [3.8, 4) is 11.8 Å². The van der Waals surface area contributed by atoms with Gasteiger partial charge in [-0.3, -0.25) is 14.3 Å². The van der Waals surface area contributed by atoms with Crippen molar-refractivity contribution in [2.24, 2.45) is 0 Å². The molecule has 0 fully saturated rings. The highest BCUT2D eigenvalue weighted by Crippen LogP contribution is 2.14. The van der Waals surface area contributed by atoms with Crippen molar-refractivity contribution in [2.75, 3.05) is 32.1 Å². The Morgan fingerprint density at radius 1 is 1.07 bits per heavy atom. The Hall–Kier alpha value is -3.36. The SMILES string of the molecule is CN(C)c1ccc(C#CCN2CCc3ncn(Cc4ccccc4)c(=O)c3C2)cc1. The van der Waals surface area contributed by atoms with Crippen LogP contribution in [0, 0.1) is 11.8 Å². The summed E-state index contributed by atoms with van der Waals surface area (Å²) in [5.41, 5.74) is 5.04. The number of benzene rings is 2. The van der Waals surface area contributed by atoms with E-state index in [4.69, 9.17) is 0 Å². The van der Waals surface area contributed by atoms with E-state index in [2.05, 4.69) is 38.8 Å². The van der Waals surface area contributed by atoms with Crippen molar-refractivity contribution in [1.29, 1.82) is 0 Å². The van der Waals surface area contributed by atoms with Gasteiger partial charge in [0.05, 0.1) is 30.7 Å². The zero-order chi connectivity index (χ0) is 20.9. The van der Waals surface area contributed by atoms with Crippen LogP contribution in [0.3, 0.4) is 0 Å². The summed E-state index contributed by atoms with van der Waals surface area (Å²) in [4.78, 5) is 21.9. The Kier molecular flexibility index (Phi) is 5.97. The monoisotopic (exact) mass is 398 g/mol. The van der Waals surface area contributed by atoms with Gasteiger partial charge in [0, 0.05) is 44.9 Å². The van der Waals surface area contributed by atoms with E-state index in [1.807, 2.05) is 56.6 Å². The first-order valence-corrected chi connectivity index (χ1v) is 10.2. The van der Waals surface area contributed by atoms with Crippen LogP contribution in [0.2, 0.25) is 0 Å². The van der Waals surface area contributed by atoms with Gasteiger partial charge in [0.2, 0.25) is 0 Å². The van der Waals surface area contributed by atoms with Crippen LogP contribution < -0.4 is 10.5 Å². The molecular weight excluding hydrogens is 372 g/mol. The standard InChI is InChI=1S/C25H26N4O/c1-27(2)22-12-10-20(11-13-22)9-6-15-28-16-14-24-23(18-28)25(30)29(19-26-24)17-21-7-4-3-5-8-21/h3-5,7-8,10-13,19H,14-18H2,1-2H3. The molecule has 4 rings (SSSR count). The van der Waals surface area contributed by atoms with Crippen molar-refractivity contribution in [2.45, 2.75) is 19.5 Å². The van der Waals surface area contributed by atoms with Gasteiger partial charge in [0.1, 0.15) is 0 Å². The lowest BCUT2D eigenvalue weighted by molar-refractivity contribution is 0.280. The van der Waals surface area contributed by atoms with Crippen LogP contribution in [0.5, 0.6) is 0 Å². The van der Waals surface area contributed by atoms with E-state index in [1.165, 1.54) is 0 Å². The van der Waals surface area contributed by atoms with Gasteiger partial charge in [-0.05, 0) is 29.8 Å². The van der Waals surface area contributed by atoms with Gasteiger partial charge in [-0.25, -0.2) is 4.98 Å². The number of fused-ring (bicyclic) bond motifs is 1. The third-order valence-corrected chi connectivity index (χ3v) is 5.38. The minimum Gasteiger partial charge on any atom is -0.378 e. The third-order valence-electron chi connectivity index (χ3n) is 5.38. The number of anilines is 1. The summed E-state index contributed by atoms with van der Waals surface area (Å²) in [6.45, 7) is 2.66. The predicted molar refractivity (Wildman–Crippen MR) is 121 cm³/mol. The number of aromatic nitrogens is 2. The van der Waals surface area contributed by atoms with E-state index >= 15 is 0 Å². The normalized spacial score (nSPS) is 13.3. The van der Waals surface area contributed by atoms with Gasteiger partial charge in [-0.2, -0.15) is 0 Å². The quantitative estimate of drug-likeness (QED) is 0.634. The van der Waals surface area contributed by atoms with Crippen LogP contribution in [-0.4, -0.2) is 41.6 Å². The van der Waals surface area contributed by atoms with Crippen molar-refractivity contribution in [1.82, 2.24) is 14.5 Å². The molecule has 0 unspecified atom stereocenters. The molecule has 3 aromatic rings. The van der Waals surface area contributed by atoms with Crippen LogP contribution in [0.25, 0.3) is 0 Å². The molecule has 0 aliphatic carbocycles. The highest BCUT2D eigenvalue weighted by molar-refractivity contribution is 5.49. The van der Waals surface area contributed by atoms with Crippen molar-refractivity contribution in [3.05, 3.63) is 93.7 Å². The van der Waals surface area contributed by atoms with E-state index in [1.54, 1.807) is 10.9 Å². The van der Waals surface area contributed by atoms with E-state index in [0.29, 0.717) is 19.6 Å². The van der Waals surface area contributed by atoms with E-state index < -0.39 is 0 Å². The smallest absolute Gasteiger partial charge is 0.258 e. The fraction of sp³-hybridized carbons (Fsp3) is 0.280. The molecular formula is C25H26N4O. The van der Waals surface area contributed by atoms with Crippen LogP contribution in [0.15, 0.2) is 65.7 Å². The minimum absolute atomic E-state index is 0.0563. The van der Waals surface area contributed by atoms with Crippen molar-refractivity contribution >= 4 is 5.69 Å². The number of rotatable bonds is 4. The largest absolute Gasteiger partial charge is 0.378 e. The summed E-state index contributed by atoms with van der Waals surface area (Å²) in [7, 11) is 4.05. The third kappa shape index (κ3) is 4.61. The number of hydrogen-bond donors (Lipinski definition) is 0. The molecule has 152 valence electrons. The Bertz CT molecular complexity index is 1120. The molecule has 0 radical (unpaired) electrons. The maximum Gasteiger partial charge on any atom is 0.258 e. The Balaban J connectivity index is 1.44. The molecule has 2 heterocycles. The second-order valence-electron chi connectivity index (χ2n) is 7.79. The summed E-state index contributed by atoms with van der Waals surface area (Å²) in [6, 6.07) is 18.2. The molecule has 5 nitrogen and oxygen atoms in total. The van der Waals surface area contributed by atoms with Crippen LogP contribution in [0.4, 0.5) is 5.69 Å². The van der Waals surface area contributed by atoms with E-state index in [9.17, 15) is 4.79 Å². The molecule has 0 atom stereocenters. The summed E-state index contributed by atoms with van der Waals surface area (Å²) in [5.74, 6) is 6.49. The molecule has 2 aromatic carbocycles. The zero-order valence-electron chi connectivity index (χ0n) is 17.5. The highest BCUT2D eigenvalue weighted by Gasteiger charge is 2.20. The molecule has 0 bridgehead atoms. The zero-order valence-corrected chi connectivity index (χ0v) is 17.5. The molecule has 0 saturated carbocycles. The van der Waals surface area contributed by atoms with Crippen LogP contribution in [-0.2, 0) is 19.5 Å². The van der Waals surface area contributed by atoms with Gasteiger partial charge < -0.3 is 4.90 Å². The van der Waals surface area contributed by atoms with E-state index in [-0.39, 0.29) is 5.56 Å². The van der Waals surface area contributed by atoms with Gasteiger partial charge in [-0.15, -0.1) is 0 Å². The fourth-order valence-corrected chi connectivity index (χ4v) is 3.63. The molecule has 0 spiro atoms. The molecule has 0 saturated heterocycles. The van der Waals surface area contributed by atoms with Crippen molar-refractivity contribution < 1.29 is 0 Å². The lowest BCUT2D eigenvalue weighted by atomic mass is 10.1. The fourth-order valence-electron chi connectivity index (χ4n) is 3.63. The molecule has 30 heavy (non-hydrogen) atoms. The first-order chi connectivity index (χ1) is 14.6. The van der Waals surface area contributed by atoms with Gasteiger partial charge in [-0.1, -0.05) is 42.2 Å². The molecule has 0 N–H and O–H groups in total. The van der Waals surface area contributed by atoms with Crippen LogP contribution in [0.1, 0.15) is 22.4 Å². The average Bonchev–Trinajstić information content (AvgIpc) is 2.77. The first kappa shape index (κ1) is 19.9. The lowest BCUT2D eigenvalue weighted by Gasteiger charge is -2.26. The Morgan fingerprint density at radius 3 is 2.57 bits per heavy atom. The lowest BCUT2D eigenvalue weighted by Crippen LogP contribution is -2.38. The average molecular weight is 399 g/mol. The number of nitrogens with zero attached hydrogens (tertiary/aromatic N) is 4. The Labute approximate surface area is 177 Å². The topological polar surface area (TPSA) is 41.4 Å². The second kappa shape index (κ2) is 8.98. The first-order valence-electron chi connectivity index (χ1n) is 10.2. The molecule has 1 aliphatic heterocycles. The minimum atomic E-state index is 0.0563. The van der Waals surface area contributed by atoms with Gasteiger partial charge in [0.15, 0.2) is 0 Å². The van der Waals surface area contributed by atoms with E-state index in [0.717, 1.165) is 41.0 Å². The Morgan fingerprint density at radius 2 is 1.83 bits per heavy atom. The number of hydrogen-bond acceptors (Lipinski definition) is 4.